The van der Waals surface area contributed by atoms with E-state index in [0.29, 0.717) is 48.8 Å². The lowest BCUT2D eigenvalue weighted by molar-refractivity contribution is 0.0600. The van der Waals surface area contributed by atoms with Gasteiger partial charge in [-0.2, -0.15) is 5.10 Å². The number of esters is 1. The number of nitrogens with zero attached hydrogens (tertiary/aromatic N) is 5. The van der Waals surface area contributed by atoms with Crippen molar-refractivity contribution in [3.63, 3.8) is 0 Å². The van der Waals surface area contributed by atoms with E-state index < -0.39 is 24.6 Å². The van der Waals surface area contributed by atoms with Crippen LogP contribution in [0.4, 0.5) is 8.78 Å². The summed E-state index contributed by atoms with van der Waals surface area (Å²) in [5, 5.41) is 5.05. The van der Waals surface area contributed by atoms with Gasteiger partial charge in [-0.1, -0.05) is 23.7 Å². The van der Waals surface area contributed by atoms with Gasteiger partial charge in [-0.15, -0.1) is 11.3 Å². The molecule has 45 heavy (non-hydrogen) atoms. The van der Waals surface area contributed by atoms with E-state index in [1.54, 1.807) is 36.3 Å². The fourth-order valence-electron chi connectivity index (χ4n) is 5.50. The number of rotatable bonds is 10. The minimum absolute atomic E-state index is 0.0386. The average Bonchev–Trinajstić information content (AvgIpc) is 3.77. The fraction of sp³-hybridized carbons (Fsp3) is 0.344. The Kier molecular flexibility index (Phi) is 9.06. The van der Waals surface area contributed by atoms with Crippen LogP contribution in [0.25, 0.3) is 27.2 Å². The van der Waals surface area contributed by atoms with Gasteiger partial charge in [-0.25, -0.2) is 18.6 Å². The van der Waals surface area contributed by atoms with Crippen LogP contribution in [0.1, 0.15) is 41.1 Å². The SMILES string of the molecule is COC(=O)c1sc(-n2cnc3cc(-c4cnn(C)c4)ccc32)cc1O[C@H](C)c1ccc(F)c(OC2CCN(CCF)CC2)c1Cl. The number of fused-ring (bicyclic) bond motifs is 1. The number of imidazole rings is 1. The molecule has 1 fully saturated rings. The van der Waals surface area contributed by atoms with Crippen molar-refractivity contribution in [1.82, 2.24) is 24.2 Å². The Morgan fingerprint density at radius 3 is 2.69 bits per heavy atom. The van der Waals surface area contributed by atoms with Crippen LogP contribution in [0.5, 0.6) is 11.5 Å². The summed E-state index contributed by atoms with van der Waals surface area (Å²) in [4.78, 5) is 19.7. The molecule has 1 atom stereocenters. The second-order valence-corrected chi connectivity index (χ2v) is 12.3. The molecule has 2 aromatic carbocycles. The van der Waals surface area contributed by atoms with E-state index in [4.69, 9.17) is 25.8 Å². The zero-order valence-corrected chi connectivity index (χ0v) is 26.6. The zero-order chi connectivity index (χ0) is 31.7. The molecule has 9 nitrogen and oxygen atoms in total. The van der Waals surface area contributed by atoms with Gasteiger partial charge in [0.05, 0.1) is 29.4 Å². The molecule has 0 amide bonds. The van der Waals surface area contributed by atoms with Crippen molar-refractivity contribution in [1.29, 1.82) is 0 Å². The van der Waals surface area contributed by atoms with Crippen LogP contribution in [-0.4, -0.2) is 69.7 Å². The predicted octanol–water partition coefficient (Wildman–Crippen LogP) is 7.02. The Hall–Kier alpha value is -4.00. The number of thiophene rings is 1. The smallest absolute Gasteiger partial charge is 0.351 e. The summed E-state index contributed by atoms with van der Waals surface area (Å²) < 4.78 is 48.6. The number of ether oxygens (including phenoxy) is 3. The molecule has 0 N–H and O–H groups in total. The highest BCUT2D eigenvalue weighted by Gasteiger charge is 2.27. The number of piperidine rings is 1. The zero-order valence-electron chi connectivity index (χ0n) is 25.0. The van der Waals surface area contributed by atoms with Crippen molar-refractivity contribution < 1.29 is 27.8 Å². The first-order valence-electron chi connectivity index (χ1n) is 14.5. The monoisotopic (exact) mass is 655 g/mol. The lowest BCUT2D eigenvalue weighted by Crippen LogP contribution is -2.39. The lowest BCUT2D eigenvalue weighted by atomic mass is 10.1. The number of alkyl halides is 1. The molecule has 0 radical (unpaired) electrons. The molecule has 0 bridgehead atoms. The first-order valence-corrected chi connectivity index (χ1v) is 15.7. The topological polar surface area (TPSA) is 83.6 Å². The summed E-state index contributed by atoms with van der Waals surface area (Å²) >= 11 is 7.91. The van der Waals surface area contributed by atoms with Gasteiger partial charge in [-0.3, -0.25) is 9.25 Å². The van der Waals surface area contributed by atoms with E-state index >= 15 is 0 Å². The van der Waals surface area contributed by atoms with Gasteiger partial charge in [0.15, 0.2) is 16.4 Å². The third-order valence-electron chi connectivity index (χ3n) is 7.92. The molecule has 236 valence electrons. The number of likely N-dealkylation sites (tertiary alicyclic amines) is 1. The van der Waals surface area contributed by atoms with E-state index in [0.717, 1.165) is 22.2 Å². The molecule has 13 heteroatoms. The van der Waals surface area contributed by atoms with Crippen LogP contribution in [0, 0.1) is 5.82 Å². The Balaban J connectivity index is 1.25. The first-order chi connectivity index (χ1) is 21.7. The molecule has 3 aromatic heterocycles. The largest absolute Gasteiger partial charge is 0.486 e. The molecule has 1 aliphatic heterocycles. The Labute approximate surface area is 267 Å². The Morgan fingerprint density at radius 1 is 1.18 bits per heavy atom. The van der Waals surface area contributed by atoms with Gasteiger partial charge in [0.25, 0.3) is 0 Å². The van der Waals surface area contributed by atoms with Crippen LogP contribution in [0.3, 0.4) is 0 Å². The highest BCUT2D eigenvalue weighted by molar-refractivity contribution is 7.16. The molecule has 0 saturated carbocycles. The maximum absolute atomic E-state index is 14.9. The number of carbonyl (C=O) groups is 1. The van der Waals surface area contributed by atoms with Crippen LogP contribution >= 0.6 is 22.9 Å². The number of aromatic nitrogens is 4. The molecule has 0 spiro atoms. The molecule has 0 unspecified atom stereocenters. The highest BCUT2D eigenvalue weighted by atomic mass is 35.5. The maximum Gasteiger partial charge on any atom is 0.351 e. The van der Waals surface area contributed by atoms with Gasteiger partial charge in [0, 0.05) is 50.1 Å². The molecule has 4 heterocycles. The third-order valence-corrected chi connectivity index (χ3v) is 9.40. The van der Waals surface area contributed by atoms with E-state index in [2.05, 4.69) is 10.1 Å². The second-order valence-electron chi connectivity index (χ2n) is 10.9. The minimum atomic E-state index is -0.667. The lowest BCUT2D eigenvalue weighted by Gasteiger charge is -2.32. The number of carbonyl (C=O) groups excluding carboxylic acids is 1. The van der Waals surface area contributed by atoms with Crippen molar-refractivity contribution in [3.8, 4) is 27.6 Å². The number of halogens is 3. The van der Waals surface area contributed by atoms with Crippen molar-refractivity contribution >= 4 is 39.9 Å². The Bertz CT molecular complexity index is 1830. The van der Waals surface area contributed by atoms with Gasteiger partial charge >= 0.3 is 5.97 Å². The normalized spacial score (nSPS) is 15.0. The van der Waals surface area contributed by atoms with E-state index in [1.165, 1.54) is 24.5 Å². The van der Waals surface area contributed by atoms with Crippen molar-refractivity contribution in [2.75, 3.05) is 33.4 Å². The summed E-state index contributed by atoms with van der Waals surface area (Å²) in [6.07, 6.45) is 5.80. The van der Waals surface area contributed by atoms with Crippen LogP contribution in [-0.2, 0) is 11.8 Å². The standard InChI is InChI=1S/C32H32ClF2N5O4S/c1-19(23-5-6-24(35)30(29(23)33)44-22-8-11-39(12-9-22)13-10-34)43-27-15-28(45-31(27)32(41)42-3)40-18-36-25-14-20(4-7-26(25)40)21-16-37-38(2)17-21/h4-7,14-19,22H,8-13H2,1-3H3/t19-/m1/s1. The fourth-order valence-corrected chi connectivity index (χ4v) is 6.85. The molecular weight excluding hydrogens is 624 g/mol. The quantitative estimate of drug-likeness (QED) is 0.150. The third kappa shape index (κ3) is 6.40. The van der Waals surface area contributed by atoms with Crippen molar-refractivity contribution in [3.05, 3.63) is 76.4 Å². The number of benzene rings is 2. The van der Waals surface area contributed by atoms with Gasteiger partial charge in [-0.05, 0) is 43.5 Å². The second kappa shape index (κ2) is 13.2. The molecule has 6 rings (SSSR count). The number of aryl methyl sites for hydroxylation is 1. The minimum Gasteiger partial charge on any atom is -0.486 e. The van der Waals surface area contributed by atoms with Gasteiger partial charge in [0.1, 0.15) is 36.0 Å². The van der Waals surface area contributed by atoms with Crippen LogP contribution < -0.4 is 9.47 Å². The average molecular weight is 656 g/mol. The summed E-state index contributed by atoms with van der Waals surface area (Å²) in [7, 11) is 3.18. The number of methoxy groups -OCH3 is 1. The van der Waals surface area contributed by atoms with Crippen LogP contribution in [0.15, 0.2) is 55.1 Å². The van der Waals surface area contributed by atoms with Gasteiger partial charge in [0.2, 0.25) is 0 Å². The number of hydrogen-bond donors (Lipinski definition) is 0. The van der Waals surface area contributed by atoms with Crippen molar-refractivity contribution in [2.45, 2.75) is 32.0 Å². The predicted molar refractivity (Wildman–Crippen MR) is 169 cm³/mol. The molecule has 5 aromatic rings. The molecule has 0 aliphatic carbocycles. The molecular formula is C32H32ClF2N5O4S. The Morgan fingerprint density at radius 2 is 1.98 bits per heavy atom. The van der Waals surface area contributed by atoms with Crippen LogP contribution in [0.2, 0.25) is 5.02 Å². The summed E-state index contributed by atoms with van der Waals surface area (Å²) in [5.74, 6) is -0.867. The molecule has 1 saturated heterocycles. The van der Waals surface area contributed by atoms with E-state index in [9.17, 15) is 13.6 Å². The van der Waals surface area contributed by atoms with Gasteiger partial charge < -0.3 is 19.1 Å². The summed E-state index contributed by atoms with van der Waals surface area (Å²) in [5.41, 5.74) is 4.09. The number of hydrogen-bond acceptors (Lipinski definition) is 8. The van der Waals surface area contributed by atoms with E-state index in [-0.39, 0.29) is 21.8 Å². The first kappa shape index (κ1) is 31.0. The maximum atomic E-state index is 14.9. The van der Waals surface area contributed by atoms with Crippen molar-refractivity contribution in [2.24, 2.45) is 7.05 Å². The molecule has 1 aliphatic rings. The van der Waals surface area contributed by atoms with E-state index in [1.807, 2.05) is 40.9 Å². The summed E-state index contributed by atoms with van der Waals surface area (Å²) in [6.45, 7) is 3.09. The highest BCUT2D eigenvalue weighted by Crippen LogP contribution is 2.41. The summed E-state index contributed by atoms with van der Waals surface area (Å²) in [6, 6.07) is 10.6.